The van der Waals surface area contributed by atoms with Gasteiger partial charge in [-0.2, -0.15) is 0 Å². The molecule has 0 bridgehead atoms. The van der Waals surface area contributed by atoms with Gasteiger partial charge in [-0.25, -0.2) is 0 Å². The summed E-state index contributed by atoms with van der Waals surface area (Å²) in [6, 6.07) is 0. The first kappa shape index (κ1) is 8.89. The molecule has 0 saturated carbocycles. The summed E-state index contributed by atoms with van der Waals surface area (Å²) in [5, 5.41) is 27.3. The third-order valence-corrected chi connectivity index (χ3v) is 1.89. The molecule has 66 valence electrons. The minimum atomic E-state index is -1.21. The van der Waals surface area contributed by atoms with Gasteiger partial charge in [-0.05, 0) is 6.92 Å². The molecule has 1 heterocycles. The second-order valence-electron chi connectivity index (χ2n) is 2.78. The standard InChI is InChI=1S/C6H13NO4/c1-2-3(8)4(9)5(10)6(7)11-2/h2-6,8-10H,7H2,1H3/t2-,3?,4?,5?,6?/m0/s1. The first-order valence-electron chi connectivity index (χ1n) is 3.49. The van der Waals surface area contributed by atoms with E-state index in [-0.39, 0.29) is 0 Å². The van der Waals surface area contributed by atoms with Gasteiger partial charge in [0.1, 0.15) is 24.5 Å². The number of aliphatic hydroxyl groups excluding tert-OH is 3. The van der Waals surface area contributed by atoms with Crippen LogP contribution in [0.2, 0.25) is 0 Å². The summed E-state index contributed by atoms with van der Waals surface area (Å²) in [5.41, 5.74) is 5.28. The largest absolute Gasteiger partial charge is 0.388 e. The summed E-state index contributed by atoms with van der Waals surface area (Å²) in [6.07, 6.45) is -4.94. The van der Waals surface area contributed by atoms with Crippen molar-refractivity contribution in [3.63, 3.8) is 0 Å². The monoisotopic (exact) mass is 163 g/mol. The van der Waals surface area contributed by atoms with Crippen LogP contribution in [0.4, 0.5) is 0 Å². The Balaban J connectivity index is 2.63. The van der Waals surface area contributed by atoms with Gasteiger partial charge in [0, 0.05) is 0 Å². The molecule has 0 spiro atoms. The lowest BCUT2D eigenvalue weighted by molar-refractivity contribution is -0.215. The van der Waals surface area contributed by atoms with Crippen LogP contribution in [-0.4, -0.2) is 46.0 Å². The molecule has 0 radical (unpaired) electrons. The Kier molecular flexibility index (Phi) is 2.46. The van der Waals surface area contributed by atoms with Gasteiger partial charge < -0.3 is 25.8 Å². The lowest BCUT2D eigenvalue weighted by Gasteiger charge is -2.37. The summed E-state index contributed by atoms with van der Waals surface area (Å²) >= 11 is 0. The molecule has 1 saturated heterocycles. The molecule has 0 aromatic heterocycles. The van der Waals surface area contributed by atoms with Gasteiger partial charge in [-0.15, -0.1) is 0 Å². The summed E-state index contributed by atoms with van der Waals surface area (Å²) in [5.74, 6) is 0. The second kappa shape index (κ2) is 3.04. The molecular weight excluding hydrogens is 150 g/mol. The molecule has 5 N–H and O–H groups in total. The summed E-state index contributed by atoms with van der Waals surface area (Å²) in [4.78, 5) is 0. The van der Waals surface area contributed by atoms with E-state index in [4.69, 9.17) is 25.8 Å². The number of hydrogen-bond acceptors (Lipinski definition) is 5. The van der Waals surface area contributed by atoms with Crippen molar-refractivity contribution in [1.82, 2.24) is 0 Å². The van der Waals surface area contributed by atoms with Crippen LogP contribution in [0.1, 0.15) is 6.92 Å². The number of aliphatic hydroxyl groups is 3. The Hall–Kier alpha value is -0.200. The molecule has 0 amide bonds. The predicted molar refractivity (Wildman–Crippen MR) is 36.5 cm³/mol. The molecule has 5 heteroatoms. The molecule has 5 atom stereocenters. The maximum absolute atomic E-state index is 9.14. The topological polar surface area (TPSA) is 95.9 Å². The molecule has 1 fully saturated rings. The van der Waals surface area contributed by atoms with E-state index < -0.39 is 30.6 Å². The van der Waals surface area contributed by atoms with Gasteiger partial charge >= 0.3 is 0 Å². The third-order valence-electron chi connectivity index (χ3n) is 1.89. The van der Waals surface area contributed by atoms with Crippen molar-refractivity contribution in [2.75, 3.05) is 0 Å². The highest BCUT2D eigenvalue weighted by Crippen LogP contribution is 2.17. The average molecular weight is 163 g/mol. The maximum atomic E-state index is 9.14. The van der Waals surface area contributed by atoms with Crippen molar-refractivity contribution < 1.29 is 20.1 Å². The lowest BCUT2D eigenvalue weighted by atomic mass is 9.99. The predicted octanol–water partition coefficient (Wildman–Crippen LogP) is -2.23. The van der Waals surface area contributed by atoms with E-state index in [1.54, 1.807) is 6.92 Å². The number of rotatable bonds is 0. The molecular formula is C6H13NO4. The number of nitrogens with two attached hydrogens (primary N) is 1. The van der Waals surface area contributed by atoms with Gasteiger partial charge in [0.25, 0.3) is 0 Å². The van der Waals surface area contributed by atoms with Crippen molar-refractivity contribution in [2.45, 2.75) is 37.6 Å². The van der Waals surface area contributed by atoms with Gasteiger partial charge in [0.05, 0.1) is 6.10 Å². The zero-order chi connectivity index (χ0) is 8.59. The summed E-state index contributed by atoms with van der Waals surface area (Å²) in [7, 11) is 0. The maximum Gasteiger partial charge on any atom is 0.135 e. The van der Waals surface area contributed by atoms with E-state index >= 15 is 0 Å². The van der Waals surface area contributed by atoms with Gasteiger partial charge in [-0.3, -0.25) is 0 Å². The van der Waals surface area contributed by atoms with E-state index in [0.717, 1.165) is 0 Å². The van der Waals surface area contributed by atoms with E-state index in [0.29, 0.717) is 0 Å². The van der Waals surface area contributed by atoms with Gasteiger partial charge in [0.15, 0.2) is 0 Å². The van der Waals surface area contributed by atoms with Crippen molar-refractivity contribution >= 4 is 0 Å². The van der Waals surface area contributed by atoms with Crippen molar-refractivity contribution in [2.24, 2.45) is 5.73 Å². The lowest BCUT2D eigenvalue weighted by Crippen LogP contribution is -2.59. The SMILES string of the molecule is C[C@@H]1OC(N)C(O)C(O)C1O. The summed E-state index contributed by atoms with van der Waals surface area (Å²) in [6.45, 7) is 1.58. The normalized spacial score (nSPS) is 52.6. The van der Waals surface area contributed by atoms with Gasteiger partial charge in [0.2, 0.25) is 0 Å². The minimum absolute atomic E-state index is 0.539. The fraction of sp³-hybridized carbons (Fsp3) is 1.00. The smallest absolute Gasteiger partial charge is 0.135 e. The molecule has 0 aromatic carbocycles. The van der Waals surface area contributed by atoms with E-state index in [9.17, 15) is 0 Å². The Morgan fingerprint density at radius 2 is 1.64 bits per heavy atom. The fourth-order valence-corrected chi connectivity index (χ4v) is 1.08. The van der Waals surface area contributed by atoms with Crippen LogP contribution >= 0.6 is 0 Å². The average Bonchev–Trinajstić information content (AvgIpc) is 1.97. The molecule has 0 aromatic rings. The van der Waals surface area contributed by atoms with Crippen LogP contribution in [-0.2, 0) is 4.74 Å². The van der Waals surface area contributed by atoms with Crippen LogP contribution < -0.4 is 5.73 Å². The molecule has 11 heavy (non-hydrogen) atoms. The van der Waals surface area contributed by atoms with Crippen LogP contribution in [0.25, 0.3) is 0 Å². The Labute approximate surface area is 64.4 Å². The van der Waals surface area contributed by atoms with Crippen LogP contribution in [0, 0.1) is 0 Å². The molecule has 1 aliphatic rings. The van der Waals surface area contributed by atoms with Crippen LogP contribution in [0.5, 0.6) is 0 Å². The number of hydrogen-bond donors (Lipinski definition) is 4. The Bertz CT molecular complexity index is 129. The summed E-state index contributed by atoms with van der Waals surface area (Å²) < 4.78 is 4.90. The molecule has 4 unspecified atom stereocenters. The van der Waals surface area contributed by atoms with E-state index in [1.165, 1.54) is 0 Å². The van der Waals surface area contributed by atoms with Crippen LogP contribution in [0.3, 0.4) is 0 Å². The van der Waals surface area contributed by atoms with Gasteiger partial charge in [-0.1, -0.05) is 0 Å². The molecule has 1 rings (SSSR count). The van der Waals surface area contributed by atoms with Crippen molar-refractivity contribution in [3.8, 4) is 0 Å². The Morgan fingerprint density at radius 3 is 2.18 bits per heavy atom. The first-order chi connectivity index (χ1) is 5.04. The first-order valence-corrected chi connectivity index (χ1v) is 3.49. The zero-order valence-corrected chi connectivity index (χ0v) is 6.21. The molecule has 5 nitrogen and oxygen atoms in total. The quantitative estimate of drug-likeness (QED) is 0.324. The van der Waals surface area contributed by atoms with Crippen LogP contribution in [0.15, 0.2) is 0 Å². The van der Waals surface area contributed by atoms with E-state index in [2.05, 4.69) is 0 Å². The molecule has 0 aliphatic carbocycles. The third kappa shape index (κ3) is 1.52. The zero-order valence-electron chi connectivity index (χ0n) is 6.21. The van der Waals surface area contributed by atoms with Crippen molar-refractivity contribution in [3.05, 3.63) is 0 Å². The number of ether oxygens (including phenoxy) is 1. The molecule has 1 aliphatic heterocycles. The highest BCUT2D eigenvalue weighted by atomic mass is 16.5. The Morgan fingerprint density at radius 1 is 1.09 bits per heavy atom. The van der Waals surface area contributed by atoms with Crippen molar-refractivity contribution in [1.29, 1.82) is 0 Å². The fourth-order valence-electron chi connectivity index (χ4n) is 1.08. The highest BCUT2D eigenvalue weighted by molar-refractivity contribution is 4.87. The highest BCUT2D eigenvalue weighted by Gasteiger charge is 2.39. The van der Waals surface area contributed by atoms with E-state index in [1.807, 2.05) is 0 Å². The minimum Gasteiger partial charge on any atom is -0.388 e. The second-order valence-corrected chi connectivity index (χ2v) is 2.78.